The molecule has 0 aromatic carbocycles. The number of anilines is 1. The Kier molecular flexibility index (Phi) is 2.42. The summed E-state index contributed by atoms with van der Waals surface area (Å²) >= 11 is 0. The first-order chi connectivity index (χ1) is 7.97. The average molecular weight is 246 g/mol. The first-order valence-corrected chi connectivity index (χ1v) is 4.43. The van der Waals surface area contributed by atoms with Gasteiger partial charge >= 0.3 is 12.2 Å². The fraction of sp³-hybridized carbons (Fsp3) is 0.286. The number of hydrogen-bond acceptors (Lipinski definition) is 5. The molecule has 0 aliphatic heterocycles. The van der Waals surface area contributed by atoms with Gasteiger partial charge in [0, 0.05) is 7.05 Å². The minimum atomic E-state index is -3.01. The molecule has 92 valence electrons. The van der Waals surface area contributed by atoms with E-state index in [2.05, 4.69) is 4.98 Å². The Morgan fingerprint density at radius 2 is 2.12 bits per heavy atom. The Morgan fingerprint density at radius 3 is 2.65 bits per heavy atom. The number of nitrogens with two attached hydrogens (primary N) is 1. The molecule has 0 amide bonds. The van der Waals surface area contributed by atoms with Crippen molar-refractivity contribution < 1.29 is 8.78 Å². The lowest BCUT2D eigenvalue weighted by Crippen LogP contribution is -2.29. The highest BCUT2D eigenvalue weighted by molar-refractivity contribution is 5.74. The number of hydrogen-bond donors (Lipinski definition) is 3. The highest BCUT2D eigenvalue weighted by atomic mass is 19.3. The number of aryl methyl sites for hydroxylation is 1. The van der Waals surface area contributed by atoms with Crippen LogP contribution in [0.25, 0.3) is 11.2 Å². The summed E-state index contributed by atoms with van der Waals surface area (Å²) in [6, 6.07) is 0. The molecule has 0 saturated carbocycles. The predicted molar refractivity (Wildman–Crippen MR) is 54.7 cm³/mol. The molecule has 0 aliphatic rings. The normalized spacial score (nSPS) is 11.4. The van der Waals surface area contributed by atoms with Gasteiger partial charge in [-0.3, -0.25) is 19.8 Å². The maximum absolute atomic E-state index is 12.8. The standard InChI is InChI=1S/C7H8F2N6O2/c1-14-3-2(4(16)12-7(14)17)15(5(8)9)6(11-3)13-10/h5H,10H2,1H3,(H,11,13)(H,12,16,17). The first-order valence-electron chi connectivity index (χ1n) is 4.43. The zero-order chi connectivity index (χ0) is 12.7. The average Bonchev–Trinajstić information content (AvgIpc) is 2.65. The number of nitrogen functional groups attached to an aromatic ring is 1. The Morgan fingerprint density at radius 1 is 1.47 bits per heavy atom. The number of alkyl halides is 2. The summed E-state index contributed by atoms with van der Waals surface area (Å²) in [5.41, 5.74) is -0.344. The van der Waals surface area contributed by atoms with Gasteiger partial charge in [0.2, 0.25) is 5.95 Å². The smallest absolute Gasteiger partial charge is 0.294 e. The fourth-order valence-corrected chi connectivity index (χ4v) is 1.49. The van der Waals surface area contributed by atoms with Crippen LogP contribution in [-0.4, -0.2) is 19.1 Å². The first kappa shape index (κ1) is 11.3. The van der Waals surface area contributed by atoms with Crippen LogP contribution < -0.4 is 22.5 Å². The summed E-state index contributed by atoms with van der Waals surface area (Å²) in [4.78, 5) is 28.3. The van der Waals surface area contributed by atoms with E-state index in [4.69, 9.17) is 5.84 Å². The number of imidazole rings is 1. The second-order valence-corrected chi connectivity index (χ2v) is 3.22. The Bertz CT molecular complexity index is 684. The van der Waals surface area contributed by atoms with Gasteiger partial charge in [0.25, 0.3) is 5.56 Å². The lowest BCUT2D eigenvalue weighted by atomic mass is 10.5. The third-order valence-electron chi connectivity index (χ3n) is 2.27. The third-order valence-corrected chi connectivity index (χ3v) is 2.27. The second kappa shape index (κ2) is 3.66. The van der Waals surface area contributed by atoms with Crippen LogP contribution in [0.4, 0.5) is 14.7 Å². The van der Waals surface area contributed by atoms with Gasteiger partial charge in [0.05, 0.1) is 0 Å². The van der Waals surface area contributed by atoms with E-state index < -0.39 is 29.3 Å². The minimum Gasteiger partial charge on any atom is -0.294 e. The summed E-state index contributed by atoms with van der Waals surface area (Å²) in [5.74, 6) is 4.62. The SMILES string of the molecule is Cn1c(=O)[nH]c(=O)c2c1nc(NN)n2C(F)F. The third kappa shape index (κ3) is 1.49. The number of rotatable bonds is 2. The van der Waals surface area contributed by atoms with Crippen molar-refractivity contribution in [2.24, 2.45) is 12.9 Å². The van der Waals surface area contributed by atoms with Crippen molar-refractivity contribution in [3.63, 3.8) is 0 Å². The Hall–Kier alpha value is -2.23. The Labute approximate surface area is 91.6 Å². The summed E-state index contributed by atoms with van der Waals surface area (Å²) < 4.78 is 26.8. The van der Waals surface area contributed by atoms with Crippen molar-refractivity contribution in [2.45, 2.75) is 6.55 Å². The molecule has 0 atom stereocenters. The van der Waals surface area contributed by atoms with Gasteiger partial charge in [0.1, 0.15) is 0 Å². The monoisotopic (exact) mass is 246 g/mol. The maximum atomic E-state index is 12.8. The van der Waals surface area contributed by atoms with Crippen molar-refractivity contribution in [3.05, 3.63) is 20.8 Å². The molecule has 10 heteroatoms. The molecule has 0 saturated heterocycles. The second-order valence-electron chi connectivity index (χ2n) is 3.22. The number of nitrogens with zero attached hydrogens (tertiary/aromatic N) is 3. The van der Waals surface area contributed by atoms with E-state index >= 15 is 0 Å². The highest BCUT2D eigenvalue weighted by Gasteiger charge is 2.21. The van der Waals surface area contributed by atoms with Crippen LogP contribution in [-0.2, 0) is 7.05 Å². The molecule has 2 aromatic rings. The van der Waals surface area contributed by atoms with Crippen LogP contribution in [0.5, 0.6) is 0 Å². The molecular weight excluding hydrogens is 238 g/mol. The molecule has 2 aromatic heterocycles. The van der Waals surface area contributed by atoms with Crippen molar-refractivity contribution >= 4 is 17.1 Å². The van der Waals surface area contributed by atoms with Gasteiger partial charge < -0.3 is 0 Å². The number of nitrogens with one attached hydrogen (secondary N) is 2. The van der Waals surface area contributed by atoms with Gasteiger partial charge in [-0.1, -0.05) is 0 Å². The number of aromatic amines is 1. The fourth-order valence-electron chi connectivity index (χ4n) is 1.49. The van der Waals surface area contributed by atoms with Crippen molar-refractivity contribution in [3.8, 4) is 0 Å². The predicted octanol–water partition coefficient (Wildman–Crippen LogP) is -0.896. The largest absolute Gasteiger partial charge is 0.329 e. The van der Waals surface area contributed by atoms with Gasteiger partial charge in [0.15, 0.2) is 11.2 Å². The zero-order valence-electron chi connectivity index (χ0n) is 8.57. The van der Waals surface area contributed by atoms with E-state index in [0.29, 0.717) is 4.57 Å². The number of hydrazine groups is 1. The molecule has 0 bridgehead atoms. The van der Waals surface area contributed by atoms with Crippen LogP contribution in [0, 0.1) is 0 Å². The summed E-state index contributed by atoms with van der Waals surface area (Å²) in [7, 11) is 1.30. The number of aromatic nitrogens is 4. The molecule has 0 unspecified atom stereocenters. The van der Waals surface area contributed by atoms with E-state index in [0.717, 1.165) is 4.57 Å². The highest BCUT2D eigenvalue weighted by Crippen LogP contribution is 2.22. The van der Waals surface area contributed by atoms with E-state index in [1.807, 2.05) is 10.4 Å². The van der Waals surface area contributed by atoms with E-state index in [9.17, 15) is 18.4 Å². The lowest BCUT2D eigenvalue weighted by Gasteiger charge is -2.05. The van der Waals surface area contributed by atoms with Crippen LogP contribution in [0.3, 0.4) is 0 Å². The quantitative estimate of drug-likeness (QED) is 0.470. The van der Waals surface area contributed by atoms with E-state index in [-0.39, 0.29) is 5.65 Å². The van der Waals surface area contributed by atoms with E-state index in [1.54, 1.807) is 0 Å². The van der Waals surface area contributed by atoms with Crippen molar-refractivity contribution in [1.82, 2.24) is 19.1 Å². The van der Waals surface area contributed by atoms with Crippen LogP contribution in [0.1, 0.15) is 6.55 Å². The number of fused-ring (bicyclic) bond motifs is 1. The van der Waals surface area contributed by atoms with Crippen molar-refractivity contribution in [1.29, 1.82) is 0 Å². The lowest BCUT2D eigenvalue weighted by molar-refractivity contribution is 0.0765. The molecule has 17 heavy (non-hydrogen) atoms. The van der Waals surface area contributed by atoms with Crippen LogP contribution >= 0.6 is 0 Å². The van der Waals surface area contributed by atoms with Crippen LogP contribution in [0.2, 0.25) is 0 Å². The summed E-state index contributed by atoms with van der Waals surface area (Å²) in [5, 5.41) is 0. The van der Waals surface area contributed by atoms with E-state index in [1.165, 1.54) is 7.05 Å². The molecule has 0 aliphatic carbocycles. The van der Waals surface area contributed by atoms with Gasteiger partial charge in [-0.15, -0.1) is 0 Å². The summed E-state index contributed by atoms with van der Waals surface area (Å²) in [6.07, 6.45) is 0. The molecule has 4 N–H and O–H groups in total. The van der Waals surface area contributed by atoms with Crippen LogP contribution in [0.15, 0.2) is 9.59 Å². The van der Waals surface area contributed by atoms with Gasteiger partial charge in [-0.2, -0.15) is 13.8 Å². The van der Waals surface area contributed by atoms with Gasteiger partial charge in [-0.05, 0) is 0 Å². The van der Waals surface area contributed by atoms with Crippen molar-refractivity contribution in [2.75, 3.05) is 5.43 Å². The Balaban J connectivity index is 3.03. The molecule has 0 spiro atoms. The molecular formula is C7H8F2N6O2. The molecule has 2 rings (SSSR count). The molecule has 0 radical (unpaired) electrons. The number of halogens is 2. The maximum Gasteiger partial charge on any atom is 0.329 e. The number of H-pyrrole nitrogens is 1. The topological polar surface area (TPSA) is 111 Å². The zero-order valence-corrected chi connectivity index (χ0v) is 8.57. The summed E-state index contributed by atoms with van der Waals surface area (Å²) in [6.45, 7) is -3.01. The minimum absolute atomic E-state index is 0.174. The van der Waals surface area contributed by atoms with Gasteiger partial charge in [-0.25, -0.2) is 15.2 Å². The molecule has 2 heterocycles. The molecule has 0 fully saturated rings. The molecule has 8 nitrogen and oxygen atoms in total.